The number of carbonyl (C=O) groups is 4. The number of ketones is 1. The van der Waals surface area contributed by atoms with Gasteiger partial charge in [0.2, 0.25) is 11.8 Å². The number of aliphatic hydroxyl groups excluding tert-OH is 1. The molecular formula is C18H32N2O6. The number of aliphatic hydroxyl groups is 1. The maximum atomic E-state index is 11.7. The Labute approximate surface area is 154 Å². The van der Waals surface area contributed by atoms with E-state index in [1.54, 1.807) is 19.0 Å². The van der Waals surface area contributed by atoms with E-state index in [1.807, 2.05) is 0 Å². The predicted octanol–water partition coefficient (Wildman–Crippen LogP) is 1.11. The fourth-order valence-electron chi connectivity index (χ4n) is 2.43. The molecule has 0 aromatic heterocycles. The summed E-state index contributed by atoms with van der Waals surface area (Å²) in [6.45, 7) is -0.353. The molecule has 0 heterocycles. The Hall–Kier alpha value is -1.96. The molecular weight excluding hydrogens is 340 g/mol. The van der Waals surface area contributed by atoms with E-state index in [1.165, 1.54) is 0 Å². The monoisotopic (exact) mass is 372 g/mol. The van der Waals surface area contributed by atoms with E-state index in [-0.39, 0.29) is 31.1 Å². The lowest BCUT2D eigenvalue weighted by Gasteiger charge is -2.12. The molecule has 2 amide bonds. The number of aliphatic carboxylic acids is 1. The Balaban J connectivity index is 3.72. The average Bonchev–Trinajstić information content (AvgIpc) is 2.56. The number of amides is 2. The average molecular weight is 372 g/mol. The van der Waals surface area contributed by atoms with Crippen LogP contribution in [0.4, 0.5) is 0 Å². The van der Waals surface area contributed by atoms with Crippen LogP contribution in [0.15, 0.2) is 0 Å². The summed E-state index contributed by atoms with van der Waals surface area (Å²) in [6, 6.07) is -1.17. The molecule has 0 aromatic carbocycles. The number of carbonyl (C=O) groups excluding carboxylic acids is 3. The van der Waals surface area contributed by atoms with Gasteiger partial charge in [0.1, 0.15) is 11.8 Å². The van der Waals surface area contributed by atoms with Crippen molar-refractivity contribution in [2.45, 2.75) is 70.3 Å². The van der Waals surface area contributed by atoms with Crippen molar-refractivity contribution in [2.24, 2.45) is 0 Å². The second-order valence-electron chi connectivity index (χ2n) is 6.60. The van der Waals surface area contributed by atoms with Crippen LogP contribution in [-0.4, -0.2) is 65.4 Å². The molecule has 0 aliphatic rings. The van der Waals surface area contributed by atoms with Crippen molar-refractivity contribution in [1.82, 2.24) is 10.2 Å². The molecule has 0 aliphatic carbocycles. The summed E-state index contributed by atoms with van der Waals surface area (Å²) in [5.74, 6) is -1.93. The first-order chi connectivity index (χ1) is 12.3. The molecule has 0 aliphatic heterocycles. The zero-order valence-electron chi connectivity index (χ0n) is 15.8. The van der Waals surface area contributed by atoms with Crippen molar-refractivity contribution >= 4 is 23.6 Å². The van der Waals surface area contributed by atoms with E-state index in [2.05, 4.69) is 5.32 Å². The first kappa shape index (κ1) is 24.0. The van der Waals surface area contributed by atoms with E-state index in [0.717, 1.165) is 32.1 Å². The summed E-state index contributed by atoms with van der Waals surface area (Å²) in [5.41, 5.74) is 0. The van der Waals surface area contributed by atoms with Crippen molar-refractivity contribution in [3.8, 4) is 0 Å². The molecule has 26 heavy (non-hydrogen) atoms. The number of carboxylic acid groups (broad SMARTS) is 1. The third kappa shape index (κ3) is 12.4. The number of hydrogen-bond acceptors (Lipinski definition) is 5. The molecule has 0 rings (SSSR count). The molecule has 0 fully saturated rings. The maximum Gasteiger partial charge on any atom is 0.326 e. The molecule has 0 spiro atoms. The lowest BCUT2D eigenvalue weighted by atomic mass is 10.1. The smallest absolute Gasteiger partial charge is 0.326 e. The fourth-order valence-corrected chi connectivity index (χ4v) is 2.43. The van der Waals surface area contributed by atoms with Crippen LogP contribution >= 0.6 is 0 Å². The van der Waals surface area contributed by atoms with Crippen LogP contribution in [-0.2, 0) is 19.2 Å². The van der Waals surface area contributed by atoms with Gasteiger partial charge in [0.25, 0.3) is 0 Å². The number of unbranched alkanes of at least 4 members (excludes halogenated alkanes) is 5. The van der Waals surface area contributed by atoms with Crippen molar-refractivity contribution in [2.75, 3.05) is 20.7 Å². The first-order valence-electron chi connectivity index (χ1n) is 9.12. The summed E-state index contributed by atoms with van der Waals surface area (Å²) in [5, 5.41) is 19.9. The van der Waals surface area contributed by atoms with E-state index < -0.39 is 17.9 Å². The summed E-state index contributed by atoms with van der Waals surface area (Å²) < 4.78 is 0. The molecule has 8 heteroatoms. The topological polar surface area (TPSA) is 124 Å². The van der Waals surface area contributed by atoms with E-state index >= 15 is 0 Å². The number of carboxylic acids is 1. The molecule has 0 bridgehead atoms. The highest BCUT2D eigenvalue weighted by atomic mass is 16.4. The van der Waals surface area contributed by atoms with Gasteiger partial charge in [-0.25, -0.2) is 4.79 Å². The normalized spacial score (nSPS) is 11.7. The lowest BCUT2D eigenvalue weighted by Crippen LogP contribution is -2.42. The number of Topliss-reactive ketones (excluding diaryl/α,β-unsaturated/α-hetero) is 1. The zero-order chi connectivity index (χ0) is 19.9. The van der Waals surface area contributed by atoms with Gasteiger partial charge in [0.05, 0.1) is 6.42 Å². The van der Waals surface area contributed by atoms with Crippen LogP contribution in [0.3, 0.4) is 0 Å². The van der Waals surface area contributed by atoms with Gasteiger partial charge in [-0.3, -0.25) is 14.4 Å². The maximum absolute atomic E-state index is 11.7. The predicted molar refractivity (Wildman–Crippen MR) is 96.5 cm³/mol. The third-order valence-electron chi connectivity index (χ3n) is 4.00. The van der Waals surface area contributed by atoms with Gasteiger partial charge in [-0.05, 0) is 12.8 Å². The highest BCUT2D eigenvalue weighted by molar-refractivity contribution is 5.99. The van der Waals surface area contributed by atoms with Crippen molar-refractivity contribution in [3.05, 3.63) is 0 Å². The Kier molecular flexibility index (Phi) is 13.2. The number of nitrogens with one attached hydrogen (secondary N) is 1. The van der Waals surface area contributed by atoms with Crippen molar-refractivity contribution in [3.63, 3.8) is 0 Å². The largest absolute Gasteiger partial charge is 0.480 e. The van der Waals surface area contributed by atoms with Crippen molar-refractivity contribution < 1.29 is 29.4 Å². The summed E-state index contributed by atoms with van der Waals surface area (Å²) in [6.07, 6.45) is 5.87. The van der Waals surface area contributed by atoms with Crippen LogP contribution in [0.5, 0.6) is 0 Å². The lowest BCUT2D eigenvalue weighted by molar-refractivity contribution is -0.143. The first-order valence-corrected chi connectivity index (χ1v) is 9.12. The second kappa shape index (κ2) is 14.2. The Morgan fingerprint density at radius 3 is 1.96 bits per heavy atom. The van der Waals surface area contributed by atoms with Gasteiger partial charge >= 0.3 is 5.97 Å². The zero-order valence-corrected chi connectivity index (χ0v) is 15.8. The summed E-state index contributed by atoms with van der Waals surface area (Å²) >= 11 is 0. The Bertz CT molecular complexity index is 465. The van der Waals surface area contributed by atoms with Crippen LogP contribution in [0, 0.1) is 0 Å². The molecule has 0 unspecified atom stereocenters. The minimum absolute atomic E-state index is 0.0879. The number of hydrogen-bond donors (Lipinski definition) is 3. The van der Waals surface area contributed by atoms with Crippen LogP contribution in [0.1, 0.15) is 64.2 Å². The highest BCUT2D eigenvalue weighted by Crippen LogP contribution is 2.10. The van der Waals surface area contributed by atoms with E-state index in [4.69, 9.17) is 10.2 Å². The molecule has 0 radical (unpaired) electrons. The van der Waals surface area contributed by atoms with Crippen LogP contribution < -0.4 is 5.32 Å². The standard InChI is InChI=1S/C18H32N2O6/c1-20(2)17(24)10-8-6-4-3-5-7-9-14(22)13-16(23)19-15(11-12-21)18(25)26/h15,21H,3-13H2,1-2H3,(H,19,23)(H,25,26)/t15-/m0/s1. The van der Waals surface area contributed by atoms with Gasteiger partial charge in [-0.1, -0.05) is 25.7 Å². The third-order valence-corrected chi connectivity index (χ3v) is 4.00. The minimum atomic E-state index is -1.23. The van der Waals surface area contributed by atoms with Gasteiger partial charge in [-0.2, -0.15) is 0 Å². The molecule has 0 saturated carbocycles. The Morgan fingerprint density at radius 2 is 1.46 bits per heavy atom. The molecule has 0 aromatic rings. The van der Waals surface area contributed by atoms with Gasteiger partial charge in [0, 0.05) is 40.0 Å². The quantitative estimate of drug-likeness (QED) is 0.292. The Morgan fingerprint density at radius 1 is 0.923 bits per heavy atom. The molecule has 8 nitrogen and oxygen atoms in total. The highest BCUT2D eigenvalue weighted by Gasteiger charge is 2.20. The number of nitrogens with zero attached hydrogens (tertiary/aromatic N) is 1. The van der Waals surface area contributed by atoms with E-state index in [0.29, 0.717) is 19.3 Å². The second-order valence-corrected chi connectivity index (χ2v) is 6.60. The molecule has 0 saturated heterocycles. The SMILES string of the molecule is CN(C)C(=O)CCCCCCCCC(=O)CC(=O)N[C@@H](CCO)C(=O)O. The molecule has 1 atom stereocenters. The van der Waals surface area contributed by atoms with Gasteiger partial charge < -0.3 is 20.4 Å². The van der Waals surface area contributed by atoms with Crippen molar-refractivity contribution in [1.29, 1.82) is 0 Å². The minimum Gasteiger partial charge on any atom is -0.480 e. The van der Waals surface area contributed by atoms with Crippen LogP contribution in [0.2, 0.25) is 0 Å². The van der Waals surface area contributed by atoms with Gasteiger partial charge in [-0.15, -0.1) is 0 Å². The molecule has 3 N–H and O–H groups in total. The van der Waals surface area contributed by atoms with E-state index in [9.17, 15) is 19.2 Å². The summed E-state index contributed by atoms with van der Waals surface area (Å²) in [4.78, 5) is 47.2. The number of rotatable bonds is 15. The fraction of sp³-hybridized carbons (Fsp3) is 0.778. The summed E-state index contributed by atoms with van der Waals surface area (Å²) in [7, 11) is 3.49. The molecule has 150 valence electrons. The van der Waals surface area contributed by atoms with Crippen LogP contribution in [0.25, 0.3) is 0 Å². The van der Waals surface area contributed by atoms with Gasteiger partial charge in [0.15, 0.2) is 0 Å².